The van der Waals surface area contributed by atoms with Crippen molar-refractivity contribution in [2.24, 2.45) is 5.73 Å². The van der Waals surface area contributed by atoms with Crippen LogP contribution in [0.2, 0.25) is 5.02 Å². The lowest BCUT2D eigenvalue weighted by Gasteiger charge is -2.17. The fraction of sp³-hybridized carbons (Fsp3) is 0.143. The summed E-state index contributed by atoms with van der Waals surface area (Å²) in [6, 6.07) is 3.38. The van der Waals surface area contributed by atoms with Crippen LogP contribution in [0.15, 0.2) is 70.5 Å². The number of allylic oxidation sites excluding steroid dienone is 3. The number of ketones is 1. The van der Waals surface area contributed by atoms with Gasteiger partial charge < -0.3 is 10.8 Å². The van der Waals surface area contributed by atoms with Gasteiger partial charge in [0.1, 0.15) is 0 Å². The Kier molecular flexibility index (Phi) is 8.54. The number of aliphatic hydroxyl groups is 1. The third kappa shape index (κ3) is 6.17. The van der Waals surface area contributed by atoms with Crippen LogP contribution < -0.4 is 10.5 Å². The Bertz CT molecular complexity index is 1310. The molecule has 0 aliphatic carbocycles. The van der Waals surface area contributed by atoms with Gasteiger partial charge in [0, 0.05) is 29.2 Å². The van der Waals surface area contributed by atoms with Crippen molar-refractivity contribution in [3.05, 3.63) is 93.0 Å². The second-order valence-corrected chi connectivity index (χ2v) is 9.28. The first-order chi connectivity index (χ1) is 15.7. The fourth-order valence-corrected chi connectivity index (χ4v) is 4.23. The topological polar surface area (TPSA) is 122 Å². The van der Waals surface area contributed by atoms with Crippen molar-refractivity contribution in [1.82, 2.24) is 9.71 Å². The minimum absolute atomic E-state index is 0.0289. The van der Waals surface area contributed by atoms with Gasteiger partial charge in [-0.25, -0.2) is 8.42 Å². The molecular weight excluding hydrogens is 518 g/mol. The molecule has 0 atom stereocenters. The number of hydrogen-bond acceptors (Lipinski definition) is 6. The molecule has 0 radical (unpaired) electrons. The zero-order valence-corrected chi connectivity index (χ0v) is 19.8. The maximum absolute atomic E-state index is 13.2. The second kappa shape index (κ2) is 10.6. The van der Waals surface area contributed by atoms with Gasteiger partial charge >= 0.3 is 6.18 Å². The molecule has 1 aromatic heterocycles. The van der Waals surface area contributed by atoms with Crippen LogP contribution in [-0.2, 0) is 22.8 Å². The van der Waals surface area contributed by atoms with E-state index in [1.54, 1.807) is 0 Å². The number of pyridine rings is 1. The smallest absolute Gasteiger partial charge is 0.403 e. The minimum Gasteiger partial charge on any atom is -0.403 e. The molecule has 182 valence electrons. The summed E-state index contributed by atoms with van der Waals surface area (Å²) >= 11 is 11.4. The summed E-state index contributed by atoms with van der Waals surface area (Å²) in [4.78, 5) is 16.3. The van der Waals surface area contributed by atoms with Crippen molar-refractivity contribution in [1.29, 1.82) is 0 Å². The number of nitrogens with two attached hydrogens (primary N) is 1. The lowest BCUT2D eigenvalue weighted by Crippen LogP contribution is -2.27. The van der Waals surface area contributed by atoms with E-state index in [-0.39, 0.29) is 21.9 Å². The number of hydrogen-bond donors (Lipinski definition) is 3. The maximum atomic E-state index is 13.2. The summed E-state index contributed by atoms with van der Waals surface area (Å²) in [6.07, 6.45) is -1.69. The number of aliphatic hydroxyl groups excluding tert-OH is 1. The second-order valence-electron chi connectivity index (χ2n) is 6.75. The van der Waals surface area contributed by atoms with E-state index in [4.69, 9.17) is 28.9 Å². The first-order valence-electron chi connectivity index (χ1n) is 9.21. The Hall–Kier alpha value is -2.86. The van der Waals surface area contributed by atoms with Crippen molar-refractivity contribution < 1.29 is 31.5 Å². The highest BCUT2D eigenvalue weighted by Crippen LogP contribution is 2.36. The molecule has 13 heteroatoms. The molecule has 0 spiro atoms. The van der Waals surface area contributed by atoms with Gasteiger partial charge in [-0.05, 0) is 42.8 Å². The molecule has 4 N–H and O–H groups in total. The summed E-state index contributed by atoms with van der Waals surface area (Å²) in [5, 5.41) is 8.66. The van der Waals surface area contributed by atoms with Gasteiger partial charge in [-0.15, -0.1) is 0 Å². The van der Waals surface area contributed by atoms with Crippen LogP contribution in [0.1, 0.15) is 27.2 Å². The van der Waals surface area contributed by atoms with Crippen LogP contribution in [0, 0.1) is 6.92 Å². The van der Waals surface area contributed by atoms with Gasteiger partial charge in [0.25, 0.3) is 10.0 Å². The largest absolute Gasteiger partial charge is 0.417 e. The van der Waals surface area contributed by atoms with Crippen LogP contribution in [0.3, 0.4) is 0 Å². The molecule has 7 nitrogen and oxygen atoms in total. The lowest BCUT2D eigenvalue weighted by molar-refractivity contribution is -0.137. The summed E-state index contributed by atoms with van der Waals surface area (Å²) < 4.78 is 67.4. The molecule has 2 aromatic rings. The van der Waals surface area contributed by atoms with Crippen molar-refractivity contribution in [3.8, 4) is 0 Å². The number of halogens is 5. The first kappa shape index (κ1) is 27.4. The van der Waals surface area contributed by atoms with Crippen molar-refractivity contribution in [2.45, 2.75) is 24.6 Å². The molecule has 1 heterocycles. The van der Waals surface area contributed by atoms with E-state index in [0.29, 0.717) is 6.07 Å². The zero-order valence-electron chi connectivity index (χ0n) is 17.5. The van der Waals surface area contributed by atoms with E-state index < -0.39 is 55.3 Å². The highest BCUT2D eigenvalue weighted by Gasteiger charge is 2.35. The normalized spacial score (nSPS) is 13.0. The number of carbonyl (C=O) groups is 1. The monoisotopic (exact) mass is 535 g/mol. The summed E-state index contributed by atoms with van der Waals surface area (Å²) in [5.74, 6) is -0.808. The predicted octanol–water partition coefficient (Wildman–Crippen LogP) is 4.19. The average molecular weight is 536 g/mol. The summed E-state index contributed by atoms with van der Waals surface area (Å²) in [5.41, 5.74) is 3.47. The predicted molar refractivity (Wildman–Crippen MR) is 121 cm³/mol. The van der Waals surface area contributed by atoms with E-state index in [0.717, 1.165) is 24.4 Å². The number of rotatable bonds is 8. The molecule has 0 saturated carbocycles. The van der Waals surface area contributed by atoms with E-state index in [2.05, 4.69) is 11.6 Å². The van der Waals surface area contributed by atoms with Crippen LogP contribution >= 0.6 is 23.2 Å². The van der Waals surface area contributed by atoms with Gasteiger partial charge in [0.15, 0.2) is 5.78 Å². The number of aromatic nitrogens is 1. The zero-order chi connectivity index (χ0) is 25.8. The van der Waals surface area contributed by atoms with E-state index in [1.807, 2.05) is 4.72 Å². The van der Waals surface area contributed by atoms with Gasteiger partial charge in [0.2, 0.25) is 0 Å². The number of Topliss-reactive ketones (excluding diaryl/α,β-unsaturated/α-hetero) is 1. The minimum atomic E-state index is -4.91. The molecule has 34 heavy (non-hydrogen) atoms. The Morgan fingerprint density at radius 1 is 1.32 bits per heavy atom. The first-order valence-corrected chi connectivity index (χ1v) is 11.4. The summed E-state index contributed by atoms with van der Waals surface area (Å²) in [7, 11) is -4.68. The SMILES string of the molecule is C=C(C(=O)c1c(CO)ccnc1C)/C(=C\C(Cl)=C/N)NS(=O)(=O)c1ccc(Cl)c(C(F)(F)F)c1. The van der Waals surface area contributed by atoms with E-state index in [1.165, 1.54) is 19.2 Å². The number of carbonyl (C=O) groups excluding carboxylic acids is 1. The van der Waals surface area contributed by atoms with Gasteiger partial charge in [-0.3, -0.25) is 14.5 Å². The van der Waals surface area contributed by atoms with E-state index in [9.17, 15) is 31.5 Å². The number of benzene rings is 1. The molecule has 1 aromatic carbocycles. The average Bonchev–Trinajstić information content (AvgIpc) is 2.76. The fourth-order valence-electron chi connectivity index (χ4n) is 2.79. The molecule has 0 amide bonds. The number of alkyl halides is 3. The summed E-state index contributed by atoms with van der Waals surface area (Å²) in [6.45, 7) is 4.58. The molecule has 0 unspecified atom stereocenters. The molecular formula is C21H18Cl2F3N3O4S. The van der Waals surface area contributed by atoms with Gasteiger partial charge in [-0.1, -0.05) is 29.8 Å². The standard InChI is InChI=1S/C21H18Cl2F3N3O4S/c1-11(20(31)19-12(2)28-6-5-13(19)10-30)18(7-14(22)9-27)29-34(32,33)15-3-4-17(23)16(8-15)21(24,25)26/h3-9,29-30H,1,10,27H2,2H3/b14-9+,18-7+. The molecule has 0 saturated heterocycles. The quantitative estimate of drug-likeness (QED) is 0.264. The number of nitrogens with zero attached hydrogens (tertiary/aromatic N) is 1. The van der Waals surface area contributed by atoms with Crippen LogP contribution in [0.25, 0.3) is 0 Å². The highest BCUT2D eigenvalue weighted by atomic mass is 35.5. The Labute approximate surface area is 203 Å². The number of nitrogens with one attached hydrogen (secondary N) is 1. The number of sulfonamides is 1. The maximum Gasteiger partial charge on any atom is 0.417 e. The van der Waals surface area contributed by atoms with E-state index >= 15 is 0 Å². The van der Waals surface area contributed by atoms with Crippen LogP contribution in [-0.4, -0.2) is 24.3 Å². The Balaban J connectivity index is 2.57. The molecule has 2 rings (SSSR count). The molecule has 0 bridgehead atoms. The Morgan fingerprint density at radius 3 is 2.53 bits per heavy atom. The van der Waals surface area contributed by atoms with Crippen molar-refractivity contribution in [2.75, 3.05) is 0 Å². The lowest BCUT2D eigenvalue weighted by atomic mass is 9.97. The highest BCUT2D eigenvalue weighted by molar-refractivity contribution is 7.89. The van der Waals surface area contributed by atoms with Crippen LogP contribution in [0.5, 0.6) is 0 Å². The molecule has 0 aliphatic rings. The third-order valence-corrected chi connectivity index (χ3v) is 6.39. The van der Waals surface area contributed by atoms with Gasteiger partial charge in [-0.2, -0.15) is 13.2 Å². The molecule has 0 fully saturated rings. The molecule has 0 aliphatic heterocycles. The Morgan fingerprint density at radius 2 is 1.97 bits per heavy atom. The van der Waals surface area contributed by atoms with Crippen LogP contribution in [0.4, 0.5) is 13.2 Å². The van der Waals surface area contributed by atoms with Gasteiger partial charge in [0.05, 0.1) is 32.8 Å². The van der Waals surface area contributed by atoms with Crippen molar-refractivity contribution in [3.63, 3.8) is 0 Å². The van der Waals surface area contributed by atoms with Crippen molar-refractivity contribution >= 4 is 39.0 Å². The number of aryl methyl sites for hydroxylation is 1. The third-order valence-electron chi connectivity index (χ3n) is 4.46.